The maximum Gasteiger partial charge on any atom is 0.345 e. The van der Waals surface area contributed by atoms with Crippen molar-refractivity contribution < 1.29 is 27.8 Å². The molecule has 1 aliphatic rings. The SMILES string of the molecule is C[C@@H](COC(F)F)Nc1ncc(C(=O)NCc2ccc(F)cc2)c(NC2CCC(O)CC2)n1. The summed E-state index contributed by atoms with van der Waals surface area (Å²) < 4.78 is 41.9. The van der Waals surface area contributed by atoms with Gasteiger partial charge in [-0.3, -0.25) is 4.79 Å². The standard InChI is InChI=1S/C22H28F3N5O3/c1-13(12-33-21(24)25)28-22-27-11-18(19(30-22)29-16-6-8-17(31)9-7-16)20(32)26-10-14-2-4-15(23)5-3-14/h2-5,11,13,16-17,21,31H,6-10,12H2,1H3,(H,26,32)(H2,27,28,29,30)/t13-,16?,17?/m0/s1. The molecule has 0 bridgehead atoms. The maximum atomic E-state index is 13.1. The molecule has 1 saturated carbocycles. The second-order valence-electron chi connectivity index (χ2n) is 8.05. The number of anilines is 2. The number of aromatic nitrogens is 2. The molecule has 0 unspecified atom stereocenters. The number of ether oxygens (including phenoxy) is 1. The first-order valence-corrected chi connectivity index (χ1v) is 10.8. The number of hydrogen-bond donors (Lipinski definition) is 4. The van der Waals surface area contributed by atoms with Gasteiger partial charge >= 0.3 is 6.61 Å². The number of aliphatic hydroxyl groups excluding tert-OH is 1. The third-order valence-corrected chi connectivity index (χ3v) is 5.28. The maximum absolute atomic E-state index is 13.1. The van der Waals surface area contributed by atoms with Crippen molar-refractivity contribution in [3.05, 3.63) is 47.4 Å². The van der Waals surface area contributed by atoms with E-state index < -0.39 is 18.6 Å². The fourth-order valence-corrected chi connectivity index (χ4v) is 3.50. The van der Waals surface area contributed by atoms with E-state index in [1.54, 1.807) is 19.1 Å². The minimum Gasteiger partial charge on any atom is -0.393 e. The average molecular weight is 467 g/mol. The number of halogens is 3. The number of nitrogens with zero attached hydrogens (tertiary/aromatic N) is 2. The molecule has 0 aliphatic heterocycles. The summed E-state index contributed by atoms with van der Waals surface area (Å²) in [4.78, 5) is 21.4. The molecule has 180 valence electrons. The molecule has 4 N–H and O–H groups in total. The molecule has 0 saturated heterocycles. The molecule has 0 spiro atoms. The van der Waals surface area contributed by atoms with Crippen molar-refractivity contribution in [1.29, 1.82) is 0 Å². The summed E-state index contributed by atoms with van der Waals surface area (Å²) in [6, 6.07) is 5.31. The van der Waals surface area contributed by atoms with E-state index in [9.17, 15) is 23.1 Å². The highest BCUT2D eigenvalue weighted by Gasteiger charge is 2.23. The van der Waals surface area contributed by atoms with Gasteiger partial charge in [0.2, 0.25) is 5.95 Å². The third kappa shape index (κ3) is 7.86. The van der Waals surface area contributed by atoms with E-state index in [1.165, 1.54) is 18.3 Å². The van der Waals surface area contributed by atoms with Crippen LogP contribution in [0.2, 0.25) is 0 Å². The summed E-state index contributed by atoms with van der Waals surface area (Å²) in [5.74, 6) is -0.321. The molecule has 1 heterocycles. The lowest BCUT2D eigenvalue weighted by molar-refractivity contribution is -0.130. The summed E-state index contributed by atoms with van der Waals surface area (Å²) in [6.45, 7) is -1.29. The number of amides is 1. The van der Waals surface area contributed by atoms with Gasteiger partial charge in [-0.05, 0) is 50.3 Å². The normalized spacial score (nSPS) is 19.2. The Morgan fingerprint density at radius 2 is 1.91 bits per heavy atom. The Morgan fingerprint density at radius 3 is 2.58 bits per heavy atom. The molecule has 1 fully saturated rings. The van der Waals surface area contributed by atoms with Gasteiger partial charge in [-0.1, -0.05) is 12.1 Å². The molecular weight excluding hydrogens is 439 g/mol. The zero-order valence-electron chi connectivity index (χ0n) is 18.2. The molecule has 3 rings (SSSR count). The summed E-state index contributed by atoms with van der Waals surface area (Å²) in [5, 5.41) is 18.7. The summed E-state index contributed by atoms with van der Waals surface area (Å²) >= 11 is 0. The van der Waals surface area contributed by atoms with Gasteiger partial charge in [0.05, 0.1) is 12.7 Å². The average Bonchev–Trinajstić information content (AvgIpc) is 2.79. The molecule has 8 nitrogen and oxygen atoms in total. The molecule has 0 radical (unpaired) electrons. The molecule has 1 atom stereocenters. The first kappa shape index (κ1) is 24.7. The van der Waals surface area contributed by atoms with E-state index in [0.29, 0.717) is 31.5 Å². The van der Waals surface area contributed by atoms with E-state index in [-0.39, 0.29) is 42.6 Å². The van der Waals surface area contributed by atoms with Crippen molar-refractivity contribution in [3.63, 3.8) is 0 Å². The van der Waals surface area contributed by atoms with Crippen LogP contribution < -0.4 is 16.0 Å². The van der Waals surface area contributed by atoms with Crippen LogP contribution in [0.25, 0.3) is 0 Å². The highest BCUT2D eigenvalue weighted by Crippen LogP contribution is 2.24. The number of carbonyl (C=O) groups excluding carboxylic acids is 1. The van der Waals surface area contributed by atoms with Gasteiger partial charge in [0.1, 0.15) is 17.2 Å². The first-order valence-electron chi connectivity index (χ1n) is 10.8. The minimum atomic E-state index is -2.87. The summed E-state index contributed by atoms with van der Waals surface area (Å²) in [5.41, 5.74) is 0.942. The molecule has 1 aliphatic carbocycles. The number of nitrogens with one attached hydrogen (secondary N) is 3. The van der Waals surface area contributed by atoms with Gasteiger partial charge in [-0.15, -0.1) is 0 Å². The Kier molecular flexibility index (Phi) is 8.84. The Bertz CT molecular complexity index is 909. The van der Waals surface area contributed by atoms with E-state index in [1.807, 2.05) is 0 Å². The third-order valence-electron chi connectivity index (χ3n) is 5.28. The Balaban J connectivity index is 1.72. The van der Waals surface area contributed by atoms with E-state index in [2.05, 4.69) is 30.7 Å². The largest absolute Gasteiger partial charge is 0.393 e. The fourth-order valence-electron chi connectivity index (χ4n) is 3.50. The van der Waals surface area contributed by atoms with Crippen molar-refractivity contribution in [2.45, 2.75) is 64.0 Å². The van der Waals surface area contributed by atoms with Crippen LogP contribution in [0.5, 0.6) is 0 Å². The zero-order chi connectivity index (χ0) is 23.8. The zero-order valence-corrected chi connectivity index (χ0v) is 18.2. The monoisotopic (exact) mass is 467 g/mol. The van der Waals surface area contributed by atoms with Crippen molar-refractivity contribution in [1.82, 2.24) is 15.3 Å². The van der Waals surface area contributed by atoms with Gasteiger partial charge in [0.15, 0.2) is 0 Å². The van der Waals surface area contributed by atoms with Crippen molar-refractivity contribution >= 4 is 17.7 Å². The minimum absolute atomic E-state index is 0.0133. The quantitative estimate of drug-likeness (QED) is 0.425. The van der Waals surface area contributed by atoms with Crippen LogP contribution in [0, 0.1) is 5.82 Å². The van der Waals surface area contributed by atoms with Gasteiger partial charge in [0.25, 0.3) is 5.91 Å². The van der Waals surface area contributed by atoms with Crippen molar-refractivity contribution in [3.8, 4) is 0 Å². The van der Waals surface area contributed by atoms with Crippen LogP contribution in [0.4, 0.5) is 24.9 Å². The lowest BCUT2D eigenvalue weighted by atomic mass is 9.93. The number of aliphatic hydroxyl groups is 1. The predicted octanol–water partition coefficient (Wildman–Crippen LogP) is 3.30. The van der Waals surface area contributed by atoms with Gasteiger partial charge in [0, 0.05) is 24.8 Å². The molecule has 1 amide bonds. The molecule has 1 aromatic heterocycles. The summed E-state index contributed by atoms with van der Waals surface area (Å²) in [6.07, 6.45) is 3.73. The first-order chi connectivity index (χ1) is 15.8. The van der Waals surface area contributed by atoms with Crippen LogP contribution in [0.1, 0.15) is 48.5 Å². The molecule has 1 aromatic carbocycles. The Morgan fingerprint density at radius 1 is 1.21 bits per heavy atom. The fraction of sp³-hybridized carbons (Fsp3) is 0.500. The van der Waals surface area contributed by atoms with Crippen LogP contribution in [-0.2, 0) is 11.3 Å². The van der Waals surface area contributed by atoms with Crippen LogP contribution in [0.15, 0.2) is 30.5 Å². The number of alkyl halides is 2. The van der Waals surface area contributed by atoms with Crippen LogP contribution in [0.3, 0.4) is 0 Å². The highest BCUT2D eigenvalue weighted by atomic mass is 19.3. The topological polar surface area (TPSA) is 108 Å². The Hall–Kier alpha value is -2.92. The summed E-state index contributed by atoms with van der Waals surface area (Å²) in [7, 11) is 0. The Labute approximate surface area is 190 Å². The van der Waals surface area contributed by atoms with E-state index >= 15 is 0 Å². The number of benzene rings is 1. The van der Waals surface area contributed by atoms with E-state index in [4.69, 9.17) is 0 Å². The molecular formula is C22H28F3N5O3. The predicted molar refractivity (Wildman–Crippen MR) is 117 cm³/mol. The number of rotatable bonds is 10. The molecule has 11 heteroatoms. The number of carbonyl (C=O) groups is 1. The van der Waals surface area contributed by atoms with Crippen LogP contribution >= 0.6 is 0 Å². The van der Waals surface area contributed by atoms with Gasteiger partial charge in [-0.25, -0.2) is 9.37 Å². The highest BCUT2D eigenvalue weighted by molar-refractivity contribution is 5.98. The molecule has 33 heavy (non-hydrogen) atoms. The molecule has 2 aromatic rings. The van der Waals surface area contributed by atoms with Gasteiger partial charge < -0.3 is 25.8 Å². The van der Waals surface area contributed by atoms with E-state index in [0.717, 1.165) is 5.56 Å². The van der Waals surface area contributed by atoms with Gasteiger partial charge in [-0.2, -0.15) is 13.8 Å². The second kappa shape index (κ2) is 11.8. The van der Waals surface area contributed by atoms with Crippen molar-refractivity contribution in [2.24, 2.45) is 0 Å². The second-order valence-corrected chi connectivity index (χ2v) is 8.05. The smallest absolute Gasteiger partial charge is 0.345 e. The lowest BCUT2D eigenvalue weighted by Gasteiger charge is -2.27. The van der Waals surface area contributed by atoms with Crippen molar-refractivity contribution in [2.75, 3.05) is 17.2 Å². The number of hydrogen-bond acceptors (Lipinski definition) is 7. The van der Waals surface area contributed by atoms with Crippen LogP contribution in [-0.4, -0.2) is 52.4 Å². The lowest BCUT2D eigenvalue weighted by Crippen LogP contribution is -2.31.